The lowest BCUT2D eigenvalue weighted by Gasteiger charge is -2.38. The number of para-hydroxylation sites is 1. The van der Waals surface area contributed by atoms with E-state index in [-0.39, 0.29) is 18.1 Å². The summed E-state index contributed by atoms with van der Waals surface area (Å²) in [6, 6.07) is 12.7. The van der Waals surface area contributed by atoms with Gasteiger partial charge in [-0.3, -0.25) is 4.79 Å². The van der Waals surface area contributed by atoms with Crippen LogP contribution in [0, 0.1) is 13.8 Å². The van der Waals surface area contributed by atoms with E-state index in [4.69, 9.17) is 0 Å². The first-order chi connectivity index (χ1) is 14.0. The van der Waals surface area contributed by atoms with E-state index in [2.05, 4.69) is 54.8 Å². The highest BCUT2D eigenvalue weighted by Crippen LogP contribution is 2.42. The topological polar surface area (TPSA) is 55.1 Å². The number of nitrogens with zero attached hydrogens (tertiary/aromatic N) is 4. The molecule has 0 radical (unpaired) electrons. The number of anilines is 1. The number of benzene rings is 1. The van der Waals surface area contributed by atoms with Gasteiger partial charge in [0.25, 0.3) is 5.91 Å². The largest absolute Gasteiger partial charge is 0.361 e. The molecule has 1 atom stereocenters. The van der Waals surface area contributed by atoms with Gasteiger partial charge < -0.3 is 14.8 Å². The number of rotatable bonds is 4. The molecule has 2 aliphatic rings. The van der Waals surface area contributed by atoms with Crippen molar-refractivity contribution < 1.29 is 4.79 Å². The maximum Gasteiger partial charge on any atom is 0.258 e. The second-order valence-electron chi connectivity index (χ2n) is 8.43. The summed E-state index contributed by atoms with van der Waals surface area (Å²) in [5.41, 5.74) is 5.11. The molecule has 0 saturated heterocycles. The van der Waals surface area contributed by atoms with Crippen LogP contribution >= 0.6 is 0 Å². The highest BCUT2D eigenvalue weighted by Gasteiger charge is 2.43. The summed E-state index contributed by atoms with van der Waals surface area (Å²) in [5.74, 6) is 1.19. The normalized spacial score (nSPS) is 18.9. The summed E-state index contributed by atoms with van der Waals surface area (Å²) in [4.78, 5) is 15.4. The van der Waals surface area contributed by atoms with E-state index in [0.29, 0.717) is 6.04 Å². The predicted molar refractivity (Wildman–Crippen MR) is 113 cm³/mol. The van der Waals surface area contributed by atoms with Crippen LogP contribution in [0.5, 0.6) is 0 Å². The van der Waals surface area contributed by atoms with Crippen molar-refractivity contribution in [1.29, 1.82) is 0 Å². The molecule has 1 aromatic carbocycles. The molecule has 5 rings (SSSR count). The van der Waals surface area contributed by atoms with E-state index in [1.807, 2.05) is 40.0 Å². The molecule has 150 valence electrons. The van der Waals surface area contributed by atoms with Crippen molar-refractivity contribution in [3.05, 3.63) is 65.1 Å². The Balaban J connectivity index is 1.62. The molecule has 1 N–H and O–H groups in total. The molecule has 3 aromatic rings. The quantitative estimate of drug-likeness (QED) is 0.709. The Bertz CT molecular complexity index is 1090. The van der Waals surface area contributed by atoms with Gasteiger partial charge in [0.05, 0.1) is 11.8 Å². The minimum atomic E-state index is -0.153. The van der Waals surface area contributed by atoms with Crippen LogP contribution in [0.15, 0.2) is 42.6 Å². The third-order valence-corrected chi connectivity index (χ3v) is 6.04. The van der Waals surface area contributed by atoms with Gasteiger partial charge in [0.15, 0.2) is 0 Å². The minimum absolute atomic E-state index is 0.129. The number of carbonyl (C=O) groups is 1. The summed E-state index contributed by atoms with van der Waals surface area (Å²) in [7, 11) is 0. The maximum absolute atomic E-state index is 13.3. The van der Waals surface area contributed by atoms with E-state index in [1.165, 1.54) is 0 Å². The van der Waals surface area contributed by atoms with Crippen LogP contribution in [0.2, 0.25) is 0 Å². The maximum atomic E-state index is 13.3. The van der Waals surface area contributed by atoms with E-state index >= 15 is 0 Å². The number of hydrogen-bond donors (Lipinski definition) is 1. The Morgan fingerprint density at radius 3 is 2.62 bits per heavy atom. The van der Waals surface area contributed by atoms with Gasteiger partial charge in [-0.25, -0.2) is 4.68 Å². The van der Waals surface area contributed by atoms with Crippen LogP contribution in [-0.2, 0) is 0 Å². The zero-order valence-electron chi connectivity index (χ0n) is 17.4. The molecule has 1 fully saturated rings. The Kier molecular flexibility index (Phi) is 4.05. The molecule has 0 unspecified atom stereocenters. The molecule has 1 amide bonds. The molecule has 0 bridgehead atoms. The van der Waals surface area contributed by atoms with Gasteiger partial charge in [-0.1, -0.05) is 12.1 Å². The van der Waals surface area contributed by atoms with Crippen LogP contribution < -0.4 is 5.32 Å². The van der Waals surface area contributed by atoms with Crippen molar-refractivity contribution in [1.82, 2.24) is 19.2 Å². The van der Waals surface area contributed by atoms with Crippen LogP contribution in [0.25, 0.3) is 5.82 Å². The van der Waals surface area contributed by atoms with Crippen molar-refractivity contribution in [2.24, 2.45) is 0 Å². The predicted octanol–water partition coefficient (Wildman–Crippen LogP) is 4.60. The van der Waals surface area contributed by atoms with Gasteiger partial charge in [0, 0.05) is 40.8 Å². The Morgan fingerprint density at radius 2 is 1.90 bits per heavy atom. The summed E-state index contributed by atoms with van der Waals surface area (Å²) in [5, 5.41) is 8.16. The first-order valence-electron chi connectivity index (χ1n) is 10.4. The van der Waals surface area contributed by atoms with Gasteiger partial charge in [-0.05, 0) is 58.7 Å². The Labute approximate surface area is 171 Å². The fourth-order valence-corrected chi connectivity index (χ4v) is 4.52. The second-order valence-corrected chi connectivity index (χ2v) is 8.43. The van der Waals surface area contributed by atoms with Gasteiger partial charge in [0.1, 0.15) is 12.0 Å². The van der Waals surface area contributed by atoms with Crippen molar-refractivity contribution in [2.45, 2.75) is 58.8 Å². The summed E-state index contributed by atoms with van der Waals surface area (Å²) < 4.78 is 4.29. The number of amides is 1. The molecule has 29 heavy (non-hydrogen) atoms. The first kappa shape index (κ1) is 18.0. The van der Waals surface area contributed by atoms with Crippen molar-refractivity contribution in [3.8, 4) is 5.82 Å². The average molecular weight is 390 g/mol. The van der Waals surface area contributed by atoms with Crippen molar-refractivity contribution >= 4 is 11.6 Å². The number of aromatic nitrogens is 3. The average Bonchev–Trinajstić information content (AvgIpc) is 3.33. The molecule has 6 heteroatoms. The van der Waals surface area contributed by atoms with Gasteiger partial charge in [0.2, 0.25) is 0 Å². The lowest BCUT2D eigenvalue weighted by Crippen LogP contribution is -2.44. The third kappa shape index (κ3) is 2.77. The molecular formula is C23H27N5O. The lowest BCUT2D eigenvalue weighted by molar-refractivity contribution is 0.0666. The molecule has 1 aliphatic carbocycles. The van der Waals surface area contributed by atoms with Gasteiger partial charge >= 0.3 is 0 Å². The van der Waals surface area contributed by atoms with Crippen LogP contribution in [-0.4, -0.2) is 31.2 Å². The fraction of sp³-hybridized carbons (Fsp3) is 0.391. The molecule has 6 nitrogen and oxygen atoms in total. The first-order valence-corrected chi connectivity index (χ1v) is 10.4. The summed E-state index contributed by atoms with van der Waals surface area (Å²) in [6.07, 6.45) is 3.85. The Hall–Kier alpha value is -3.02. The van der Waals surface area contributed by atoms with E-state index < -0.39 is 0 Å². The number of hydrogen-bond acceptors (Lipinski definition) is 3. The van der Waals surface area contributed by atoms with Gasteiger partial charge in [-0.15, -0.1) is 0 Å². The highest BCUT2D eigenvalue weighted by molar-refractivity contribution is 6.02. The second kappa shape index (κ2) is 6.51. The number of aryl methyl sites for hydroxylation is 1. The third-order valence-electron chi connectivity index (χ3n) is 6.04. The molecule has 0 spiro atoms. The van der Waals surface area contributed by atoms with Crippen LogP contribution in [0.4, 0.5) is 5.69 Å². The molecular weight excluding hydrogens is 362 g/mol. The number of nitrogens with one attached hydrogen (secondary N) is 1. The molecule has 1 aliphatic heterocycles. The van der Waals surface area contributed by atoms with Crippen LogP contribution in [0.1, 0.15) is 66.2 Å². The molecule has 1 saturated carbocycles. The Morgan fingerprint density at radius 1 is 1.14 bits per heavy atom. The SMILES string of the molecule is Cc1cc([C@@H]2Nc3ccccc3C(=O)N2C2CC2)c(C)n1-c1ccnn1C(C)C. The highest BCUT2D eigenvalue weighted by atomic mass is 16.2. The monoisotopic (exact) mass is 389 g/mol. The van der Waals surface area contributed by atoms with Crippen LogP contribution in [0.3, 0.4) is 0 Å². The summed E-state index contributed by atoms with van der Waals surface area (Å²) >= 11 is 0. The number of carbonyl (C=O) groups excluding carboxylic acids is 1. The van der Waals surface area contributed by atoms with E-state index in [9.17, 15) is 4.79 Å². The molecule has 2 aromatic heterocycles. The van der Waals surface area contributed by atoms with Crippen molar-refractivity contribution in [2.75, 3.05) is 5.32 Å². The zero-order valence-corrected chi connectivity index (χ0v) is 17.4. The standard InChI is InChI=1S/C23H27N5O/c1-14(2)28-21(11-12-24-28)26-15(3)13-19(16(26)4)22-25-20-8-6-5-7-18(20)23(29)27(22)17-9-10-17/h5-8,11-14,17,22,25H,9-10H2,1-4H3/t22-/m1/s1. The minimum Gasteiger partial charge on any atom is -0.361 e. The zero-order chi connectivity index (χ0) is 20.3. The summed E-state index contributed by atoms with van der Waals surface area (Å²) in [6.45, 7) is 8.53. The lowest BCUT2D eigenvalue weighted by atomic mass is 10.0. The van der Waals surface area contributed by atoms with E-state index in [1.54, 1.807) is 0 Å². The van der Waals surface area contributed by atoms with Gasteiger partial charge in [-0.2, -0.15) is 5.10 Å². The van der Waals surface area contributed by atoms with E-state index in [0.717, 1.165) is 46.9 Å². The molecule has 3 heterocycles. The number of fused-ring (bicyclic) bond motifs is 1. The fourth-order valence-electron chi connectivity index (χ4n) is 4.52. The van der Waals surface area contributed by atoms with Crippen molar-refractivity contribution in [3.63, 3.8) is 0 Å². The smallest absolute Gasteiger partial charge is 0.258 e.